The van der Waals surface area contributed by atoms with E-state index in [0.717, 1.165) is 23.5 Å². The molecule has 8 heteroatoms. The molecule has 1 heterocycles. The molecule has 1 aromatic carbocycles. The number of halogens is 2. The third-order valence-corrected chi connectivity index (χ3v) is 4.87. The van der Waals surface area contributed by atoms with Crippen LogP contribution in [0.25, 0.3) is 0 Å². The molecule has 3 atom stereocenters. The van der Waals surface area contributed by atoms with E-state index in [2.05, 4.69) is 10.3 Å². The average molecular weight is 400 g/mol. The average Bonchev–Trinajstić information content (AvgIpc) is 2.69. The number of methoxy groups -OCH3 is 1. The van der Waals surface area contributed by atoms with Crippen molar-refractivity contribution in [1.29, 1.82) is 5.26 Å². The van der Waals surface area contributed by atoms with E-state index in [9.17, 15) is 19.1 Å². The molecule has 6 nitrogen and oxygen atoms in total. The number of hydrogen-bond donors (Lipinski definition) is 2. The lowest BCUT2D eigenvalue weighted by atomic mass is 9.92. The number of benzene rings is 1. The number of hydrogen-bond acceptors (Lipinski definition) is 6. The second-order valence-corrected chi connectivity index (χ2v) is 7.01. The molecule has 0 bridgehead atoms. The fraction of sp³-hybridized carbons (Fsp3) is 0.333. The summed E-state index contributed by atoms with van der Waals surface area (Å²) < 4.78 is 32.2. The van der Waals surface area contributed by atoms with Gasteiger partial charge >= 0.3 is 0 Å². The summed E-state index contributed by atoms with van der Waals surface area (Å²) in [4.78, 5) is 5.79. The molecule has 29 heavy (non-hydrogen) atoms. The van der Waals surface area contributed by atoms with Crippen LogP contribution >= 0.6 is 0 Å². The molecule has 1 aromatic rings. The van der Waals surface area contributed by atoms with Gasteiger partial charge in [0.25, 0.3) is 0 Å². The van der Waals surface area contributed by atoms with Crippen molar-refractivity contribution < 1.29 is 18.6 Å². The molecule has 0 amide bonds. The first-order chi connectivity index (χ1) is 13.8. The number of aliphatic hydroxyl groups is 1. The van der Waals surface area contributed by atoms with Crippen molar-refractivity contribution in [2.24, 2.45) is 10.9 Å². The maximum atomic E-state index is 13.6. The summed E-state index contributed by atoms with van der Waals surface area (Å²) in [6, 6.07) is 5.38. The zero-order chi connectivity index (χ0) is 21.1. The predicted molar refractivity (Wildman–Crippen MR) is 104 cm³/mol. The largest absolute Gasteiger partial charge is 0.497 e. The number of aliphatic hydroxyl groups excluding tert-OH is 1. The summed E-state index contributed by atoms with van der Waals surface area (Å²) in [6.45, 7) is 4.08. The van der Waals surface area contributed by atoms with Gasteiger partial charge in [0.1, 0.15) is 11.8 Å². The fourth-order valence-corrected chi connectivity index (χ4v) is 3.25. The number of allylic oxidation sites excluding steroid dienone is 1. The standard InChI is InChI=1S/C21H22F2N4O2/c1-12-7-19(29-3)13(2)6-18(12)25-21-26-20(28)15(9-24)11-27(21)10-14-4-5-16(22)17(23)8-14/h4-8,11-12,18,20,28H,10H2,1-3H3,(H,25,26). The summed E-state index contributed by atoms with van der Waals surface area (Å²) >= 11 is 0. The maximum Gasteiger partial charge on any atom is 0.201 e. The second kappa shape index (κ2) is 8.45. The number of rotatable bonds is 4. The molecule has 2 N–H and O–H groups in total. The highest BCUT2D eigenvalue weighted by Crippen LogP contribution is 2.24. The molecule has 3 unspecified atom stereocenters. The minimum Gasteiger partial charge on any atom is -0.497 e. The molecule has 1 aliphatic carbocycles. The van der Waals surface area contributed by atoms with Gasteiger partial charge in [-0.15, -0.1) is 0 Å². The Balaban J connectivity index is 1.86. The molecular weight excluding hydrogens is 378 g/mol. The lowest BCUT2D eigenvalue weighted by Crippen LogP contribution is -2.48. The van der Waals surface area contributed by atoms with E-state index in [1.807, 2.05) is 32.1 Å². The summed E-state index contributed by atoms with van der Waals surface area (Å²) in [6.07, 6.45) is 4.15. The van der Waals surface area contributed by atoms with Crippen LogP contribution in [0.1, 0.15) is 19.4 Å². The van der Waals surface area contributed by atoms with E-state index in [0.29, 0.717) is 11.5 Å². The molecule has 0 saturated heterocycles. The first-order valence-electron chi connectivity index (χ1n) is 9.11. The SMILES string of the molecule is COC1=CC(C)C(NC2=NC(O)C(C#N)=CN2Cc2ccc(F)c(F)c2)C=C1C. The predicted octanol–water partition coefficient (Wildman–Crippen LogP) is 2.95. The Hall–Kier alpha value is -3.18. The van der Waals surface area contributed by atoms with Crippen molar-refractivity contribution in [3.63, 3.8) is 0 Å². The monoisotopic (exact) mass is 400 g/mol. The van der Waals surface area contributed by atoms with Gasteiger partial charge in [-0.05, 0) is 36.3 Å². The highest BCUT2D eigenvalue weighted by Gasteiger charge is 2.27. The molecular formula is C21H22F2N4O2. The molecule has 2 aliphatic rings. The van der Waals surface area contributed by atoms with Crippen LogP contribution in [-0.4, -0.2) is 35.3 Å². The van der Waals surface area contributed by atoms with Crippen LogP contribution in [0.15, 0.2) is 58.4 Å². The van der Waals surface area contributed by atoms with Crippen LogP contribution in [0.4, 0.5) is 8.78 Å². The highest BCUT2D eigenvalue weighted by molar-refractivity contribution is 5.83. The highest BCUT2D eigenvalue weighted by atomic mass is 19.2. The van der Waals surface area contributed by atoms with Crippen molar-refractivity contribution in [3.8, 4) is 6.07 Å². The van der Waals surface area contributed by atoms with E-state index in [-0.39, 0.29) is 24.1 Å². The number of ether oxygens (including phenoxy) is 1. The second-order valence-electron chi connectivity index (χ2n) is 7.01. The smallest absolute Gasteiger partial charge is 0.201 e. The Kier molecular flexibility index (Phi) is 5.99. The van der Waals surface area contributed by atoms with Crippen molar-refractivity contribution in [3.05, 3.63) is 70.7 Å². The maximum absolute atomic E-state index is 13.6. The Labute approximate surface area is 168 Å². The van der Waals surface area contributed by atoms with Gasteiger partial charge in [0.05, 0.1) is 25.3 Å². The van der Waals surface area contributed by atoms with Gasteiger partial charge < -0.3 is 20.1 Å². The van der Waals surface area contributed by atoms with Crippen molar-refractivity contribution in [2.45, 2.75) is 32.7 Å². The Morgan fingerprint density at radius 3 is 2.72 bits per heavy atom. The fourth-order valence-electron chi connectivity index (χ4n) is 3.25. The topological polar surface area (TPSA) is 80.9 Å². The first-order valence-corrected chi connectivity index (χ1v) is 9.11. The Morgan fingerprint density at radius 1 is 1.31 bits per heavy atom. The zero-order valence-corrected chi connectivity index (χ0v) is 16.4. The van der Waals surface area contributed by atoms with Gasteiger partial charge in [-0.1, -0.05) is 19.1 Å². The van der Waals surface area contributed by atoms with Crippen LogP contribution in [0.5, 0.6) is 0 Å². The Morgan fingerprint density at radius 2 is 2.07 bits per heavy atom. The third kappa shape index (κ3) is 4.46. The zero-order valence-electron chi connectivity index (χ0n) is 16.4. The van der Waals surface area contributed by atoms with Gasteiger partial charge in [0.15, 0.2) is 17.9 Å². The van der Waals surface area contributed by atoms with Gasteiger partial charge in [-0.25, -0.2) is 13.8 Å². The minimum absolute atomic E-state index is 0.0584. The quantitative estimate of drug-likeness (QED) is 0.812. The van der Waals surface area contributed by atoms with Crippen LogP contribution in [0.2, 0.25) is 0 Å². The van der Waals surface area contributed by atoms with E-state index in [1.54, 1.807) is 12.0 Å². The van der Waals surface area contributed by atoms with Crippen LogP contribution < -0.4 is 5.32 Å². The number of aliphatic imine (C=N–C) groups is 1. The van der Waals surface area contributed by atoms with Gasteiger partial charge in [-0.2, -0.15) is 5.26 Å². The van der Waals surface area contributed by atoms with Gasteiger partial charge in [-0.3, -0.25) is 0 Å². The lowest BCUT2D eigenvalue weighted by Gasteiger charge is -2.33. The third-order valence-electron chi connectivity index (χ3n) is 4.87. The number of guanidine groups is 1. The van der Waals surface area contributed by atoms with E-state index < -0.39 is 17.9 Å². The lowest BCUT2D eigenvalue weighted by molar-refractivity contribution is 0.215. The van der Waals surface area contributed by atoms with Crippen molar-refractivity contribution in [2.75, 3.05) is 7.11 Å². The molecule has 0 fully saturated rings. The number of nitriles is 1. The van der Waals surface area contributed by atoms with Gasteiger partial charge in [0.2, 0.25) is 5.96 Å². The number of nitrogens with zero attached hydrogens (tertiary/aromatic N) is 3. The van der Waals surface area contributed by atoms with Crippen molar-refractivity contribution >= 4 is 5.96 Å². The molecule has 0 radical (unpaired) electrons. The molecule has 1 aliphatic heterocycles. The normalized spacial score (nSPS) is 24.0. The van der Waals surface area contributed by atoms with Crippen LogP contribution in [-0.2, 0) is 11.3 Å². The molecule has 152 valence electrons. The summed E-state index contributed by atoms with van der Waals surface area (Å²) in [7, 11) is 1.61. The van der Waals surface area contributed by atoms with Gasteiger partial charge in [0, 0.05) is 12.1 Å². The molecule has 0 saturated carbocycles. The number of nitrogens with one attached hydrogen (secondary N) is 1. The summed E-state index contributed by atoms with van der Waals surface area (Å²) in [5.41, 5.74) is 1.51. The Bertz CT molecular complexity index is 962. The summed E-state index contributed by atoms with van der Waals surface area (Å²) in [5, 5.41) is 22.6. The van der Waals surface area contributed by atoms with E-state index in [1.165, 1.54) is 12.3 Å². The first kappa shape index (κ1) is 20.6. The molecule has 0 aromatic heterocycles. The van der Waals surface area contributed by atoms with E-state index >= 15 is 0 Å². The molecule has 0 spiro atoms. The summed E-state index contributed by atoms with van der Waals surface area (Å²) in [5.74, 6) is -0.685. The van der Waals surface area contributed by atoms with Crippen molar-refractivity contribution in [1.82, 2.24) is 10.2 Å². The van der Waals surface area contributed by atoms with Crippen LogP contribution in [0, 0.1) is 28.9 Å². The van der Waals surface area contributed by atoms with Crippen LogP contribution in [0.3, 0.4) is 0 Å². The molecule has 3 rings (SSSR count). The van der Waals surface area contributed by atoms with E-state index in [4.69, 9.17) is 4.74 Å². The minimum atomic E-state index is -1.29.